The molecular weight excluding hydrogens is 258 g/mol. The van der Waals surface area contributed by atoms with Gasteiger partial charge in [-0.25, -0.2) is 4.39 Å². The summed E-state index contributed by atoms with van der Waals surface area (Å²) in [6.07, 6.45) is 0. The van der Waals surface area contributed by atoms with E-state index in [-0.39, 0.29) is 5.82 Å². The standard InChI is InChI=1S/C8H5BrClFN2/c1-13-7-3-5(9)6(11)2-4(7)8(10)12-13/h2-3H,1H3. The normalized spacial score (nSPS) is 11.1. The van der Waals surface area contributed by atoms with Gasteiger partial charge >= 0.3 is 0 Å². The molecule has 13 heavy (non-hydrogen) atoms. The molecule has 2 aromatic rings. The lowest BCUT2D eigenvalue weighted by atomic mass is 10.2. The predicted octanol–water partition coefficient (Wildman–Crippen LogP) is 3.13. The first kappa shape index (κ1) is 8.97. The Bertz CT molecular complexity index is 438. The van der Waals surface area contributed by atoms with Gasteiger partial charge in [0, 0.05) is 12.4 Å². The minimum Gasteiger partial charge on any atom is -0.266 e. The summed E-state index contributed by atoms with van der Waals surface area (Å²) in [6.45, 7) is 0. The maximum Gasteiger partial charge on any atom is 0.159 e. The van der Waals surface area contributed by atoms with Crippen molar-refractivity contribution in [2.45, 2.75) is 0 Å². The van der Waals surface area contributed by atoms with Crippen molar-refractivity contribution in [3.05, 3.63) is 27.6 Å². The minimum atomic E-state index is -0.331. The minimum absolute atomic E-state index is 0.323. The summed E-state index contributed by atoms with van der Waals surface area (Å²) in [6, 6.07) is 3.03. The highest BCUT2D eigenvalue weighted by Gasteiger charge is 2.09. The Hall–Kier alpha value is -0.610. The quantitative estimate of drug-likeness (QED) is 0.714. The van der Waals surface area contributed by atoms with E-state index in [4.69, 9.17) is 11.6 Å². The van der Waals surface area contributed by atoms with Crippen LogP contribution in [-0.2, 0) is 7.05 Å². The Balaban J connectivity index is 2.91. The Morgan fingerprint density at radius 3 is 2.92 bits per heavy atom. The third-order valence-corrected chi connectivity index (χ3v) is 2.73. The number of fused-ring (bicyclic) bond motifs is 1. The summed E-state index contributed by atoms with van der Waals surface area (Å²) in [5.74, 6) is -0.331. The van der Waals surface area contributed by atoms with Gasteiger partial charge in [0.15, 0.2) is 5.15 Å². The summed E-state index contributed by atoms with van der Waals surface area (Å²) in [5.41, 5.74) is 0.804. The first-order chi connectivity index (χ1) is 6.09. The molecule has 0 aliphatic rings. The molecule has 0 spiro atoms. The van der Waals surface area contributed by atoms with E-state index < -0.39 is 0 Å². The maximum atomic E-state index is 13.1. The Labute approximate surface area is 87.4 Å². The highest BCUT2D eigenvalue weighted by molar-refractivity contribution is 9.10. The number of nitrogens with zero attached hydrogens (tertiary/aromatic N) is 2. The molecule has 0 unspecified atom stereocenters. The summed E-state index contributed by atoms with van der Waals surface area (Å²) >= 11 is 8.89. The molecule has 5 heteroatoms. The van der Waals surface area contributed by atoms with Crippen molar-refractivity contribution in [1.82, 2.24) is 9.78 Å². The smallest absolute Gasteiger partial charge is 0.159 e. The van der Waals surface area contributed by atoms with E-state index in [0.717, 1.165) is 5.52 Å². The van der Waals surface area contributed by atoms with E-state index >= 15 is 0 Å². The SMILES string of the molecule is Cn1nc(Cl)c2cc(F)c(Br)cc21. The lowest BCUT2D eigenvalue weighted by molar-refractivity contribution is 0.623. The predicted molar refractivity (Wildman–Crippen MR) is 53.4 cm³/mol. The largest absolute Gasteiger partial charge is 0.266 e. The average molecular weight is 263 g/mol. The zero-order chi connectivity index (χ0) is 9.59. The second-order valence-electron chi connectivity index (χ2n) is 2.70. The molecule has 0 saturated carbocycles. The van der Waals surface area contributed by atoms with Crippen molar-refractivity contribution in [2.75, 3.05) is 0 Å². The summed E-state index contributed by atoms with van der Waals surface area (Å²) in [5, 5.41) is 4.92. The van der Waals surface area contributed by atoms with Gasteiger partial charge in [0.25, 0.3) is 0 Å². The van der Waals surface area contributed by atoms with E-state index in [0.29, 0.717) is 15.0 Å². The van der Waals surface area contributed by atoms with Gasteiger partial charge in [-0.3, -0.25) is 4.68 Å². The first-order valence-electron chi connectivity index (χ1n) is 3.57. The van der Waals surface area contributed by atoms with Crippen molar-refractivity contribution >= 4 is 38.4 Å². The fourth-order valence-corrected chi connectivity index (χ4v) is 1.80. The van der Waals surface area contributed by atoms with Crippen LogP contribution in [0.4, 0.5) is 4.39 Å². The Kier molecular flexibility index (Phi) is 2.04. The van der Waals surface area contributed by atoms with Crippen LogP contribution < -0.4 is 0 Å². The molecule has 2 rings (SSSR count). The van der Waals surface area contributed by atoms with E-state index in [1.165, 1.54) is 6.07 Å². The monoisotopic (exact) mass is 262 g/mol. The van der Waals surface area contributed by atoms with Crippen LogP contribution in [0, 0.1) is 5.82 Å². The molecule has 0 N–H and O–H groups in total. The fraction of sp³-hybridized carbons (Fsp3) is 0.125. The van der Waals surface area contributed by atoms with Crippen LogP contribution in [0.1, 0.15) is 0 Å². The van der Waals surface area contributed by atoms with Gasteiger partial charge in [0.2, 0.25) is 0 Å². The van der Waals surface area contributed by atoms with Crippen molar-refractivity contribution in [2.24, 2.45) is 7.05 Å². The molecule has 0 saturated heterocycles. The number of rotatable bonds is 0. The molecule has 0 aliphatic heterocycles. The zero-order valence-electron chi connectivity index (χ0n) is 6.68. The van der Waals surface area contributed by atoms with Crippen LogP contribution in [0.3, 0.4) is 0 Å². The molecule has 1 aromatic heterocycles. The van der Waals surface area contributed by atoms with E-state index in [1.807, 2.05) is 0 Å². The number of hydrogen-bond donors (Lipinski definition) is 0. The van der Waals surface area contributed by atoms with Crippen molar-refractivity contribution in [1.29, 1.82) is 0 Å². The second kappa shape index (κ2) is 2.96. The van der Waals surface area contributed by atoms with Gasteiger partial charge in [0.05, 0.1) is 9.99 Å². The molecular formula is C8H5BrClFN2. The number of aromatic nitrogens is 2. The Morgan fingerprint density at radius 2 is 2.23 bits per heavy atom. The number of aryl methyl sites for hydroxylation is 1. The van der Waals surface area contributed by atoms with Crippen molar-refractivity contribution in [3.8, 4) is 0 Å². The molecule has 1 heterocycles. The van der Waals surface area contributed by atoms with Crippen LogP contribution in [0.15, 0.2) is 16.6 Å². The fourth-order valence-electron chi connectivity index (χ4n) is 1.21. The lowest BCUT2D eigenvalue weighted by Gasteiger charge is -1.96. The van der Waals surface area contributed by atoms with Crippen LogP contribution in [-0.4, -0.2) is 9.78 Å². The van der Waals surface area contributed by atoms with E-state index in [9.17, 15) is 4.39 Å². The molecule has 2 nitrogen and oxygen atoms in total. The Morgan fingerprint density at radius 1 is 1.54 bits per heavy atom. The van der Waals surface area contributed by atoms with Gasteiger partial charge in [-0.1, -0.05) is 11.6 Å². The van der Waals surface area contributed by atoms with Crippen molar-refractivity contribution in [3.63, 3.8) is 0 Å². The molecule has 0 amide bonds. The number of hydrogen-bond acceptors (Lipinski definition) is 1. The van der Waals surface area contributed by atoms with Crippen LogP contribution in [0.2, 0.25) is 5.15 Å². The van der Waals surface area contributed by atoms with Gasteiger partial charge < -0.3 is 0 Å². The average Bonchev–Trinajstić information content (AvgIpc) is 2.31. The number of benzene rings is 1. The number of halogens is 3. The molecule has 0 aliphatic carbocycles. The molecule has 0 radical (unpaired) electrons. The van der Waals surface area contributed by atoms with Gasteiger partial charge in [-0.15, -0.1) is 0 Å². The molecule has 0 atom stereocenters. The molecule has 68 valence electrons. The highest BCUT2D eigenvalue weighted by atomic mass is 79.9. The van der Waals surface area contributed by atoms with Gasteiger partial charge in [0.1, 0.15) is 5.82 Å². The first-order valence-corrected chi connectivity index (χ1v) is 4.74. The third-order valence-electron chi connectivity index (χ3n) is 1.85. The zero-order valence-corrected chi connectivity index (χ0v) is 9.02. The van der Waals surface area contributed by atoms with E-state index in [1.54, 1.807) is 17.8 Å². The molecule has 0 fully saturated rings. The van der Waals surface area contributed by atoms with Crippen LogP contribution in [0.25, 0.3) is 10.9 Å². The second-order valence-corrected chi connectivity index (χ2v) is 3.91. The summed E-state index contributed by atoms with van der Waals surface area (Å²) in [4.78, 5) is 0. The maximum absolute atomic E-state index is 13.1. The lowest BCUT2D eigenvalue weighted by Crippen LogP contribution is -1.89. The molecule has 1 aromatic carbocycles. The van der Waals surface area contributed by atoms with Crippen molar-refractivity contribution < 1.29 is 4.39 Å². The highest BCUT2D eigenvalue weighted by Crippen LogP contribution is 2.27. The van der Waals surface area contributed by atoms with Gasteiger partial charge in [-0.2, -0.15) is 5.10 Å². The van der Waals surface area contributed by atoms with Gasteiger partial charge in [-0.05, 0) is 28.1 Å². The summed E-state index contributed by atoms with van der Waals surface area (Å²) in [7, 11) is 1.76. The summed E-state index contributed by atoms with van der Waals surface area (Å²) < 4.78 is 15.1. The van der Waals surface area contributed by atoms with E-state index in [2.05, 4.69) is 21.0 Å². The van der Waals surface area contributed by atoms with Crippen LogP contribution in [0.5, 0.6) is 0 Å². The van der Waals surface area contributed by atoms with Crippen LogP contribution >= 0.6 is 27.5 Å². The topological polar surface area (TPSA) is 17.8 Å². The molecule has 0 bridgehead atoms. The third kappa shape index (κ3) is 1.34.